The van der Waals surface area contributed by atoms with E-state index in [9.17, 15) is 13.2 Å². The minimum absolute atomic E-state index is 0.158. The molecular formula is C10H13F3N2. The number of aromatic nitrogens is 1. The van der Waals surface area contributed by atoms with E-state index in [-0.39, 0.29) is 5.69 Å². The van der Waals surface area contributed by atoms with Gasteiger partial charge in [0.15, 0.2) is 0 Å². The summed E-state index contributed by atoms with van der Waals surface area (Å²) in [6.45, 7) is 3.94. The summed E-state index contributed by atoms with van der Waals surface area (Å²) in [4.78, 5) is 3.36. The first-order valence-corrected chi connectivity index (χ1v) is 4.62. The van der Waals surface area contributed by atoms with E-state index in [1.807, 2.05) is 13.8 Å². The quantitative estimate of drug-likeness (QED) is 0.828. The number of nitrogens with zero attached hydrogens (tertiary/aromatic N) is 1. The van der Waals surface area contributed by atoms with Gasteiger partial charge in [-0.25, -0.2) is 0 Å². The number of rotatable bonds is 2. The van der Waals surface area contributed by atoms with E-state index < -0.39 is 11.9 Å². The molecule has 2 nitrogen and oxygen atoms in total. The van der Waals surface area contributed by atoms with Crippen molar-refractivity contribution < 1.29 is 13.2 Å². The molecule has 0 aromatic carbocycles. The van der Waals surface area contributed by atoms with Gasteiger partial charge in [0.1, 0.15) is 5.69 Å². The minimum Gasteiger partial charge on any atom is -0.398 e. The van der Waals surface area contributed by atoms with Crippen molar-refractivity contribution in [1.82, 2.24) is 4.98 Å². The van der Waals surface area contributed by atoms with Crippen LogP contribution in [0.4, 0.5) is 18.9 Å². The molecule has 1 aromatic heterocycles. The molecule has 0 bridgehead atoms. The Morgan fingerprint density at radius 3 is 2.40 bits per heavy atom. The number of nitrogen functional groups attached to an aromatic ring is 1. The van der Waals surface area contributed by atoms with Gasteiger partial charge in [0.05, 0.1) is 0 Å². The second-order valence-electron chi connectivity index (χ2n) is 3.86. The maximum absolute atomic E-state index is 12.2. The van der Waals surface area contributed by atoms with Crippen LogP contribution in [0.5, 0.6) is 0 Å². The zero-order valence-corrected chi connectivity index (χ0v) is 8.60. The van der Waals surface area contributed by atoms with Crippen LogP contribution in [0.2, 0.25) is 0 Å². The molecule has 0 radical (unpaired) electrons. The Morgan fingerprint density at radius 1 is 1.40 bits per heavy atom. The van der Waals surface area contributed by atoms with Gasteiger partial charge in [-0.2, -0.15) is 13.2 Å². The number of nitrogens with two attached hydrogens (primary N) is 1. The number of halogens is 3. The highest BCUT2D eigenvalue weighted by molar-refractivity contribution is 5.47. The molecule has 5 heteroatoms. The van der Waals surface area contributed by atoms with E-state index in [0.29, 0.717) is 17.9 Å². The number of alkyl halides is 3. The average Bonchev–Trinajstić information content (AvgIpc) is 2.05. The molecular weight excluding hydrogens is 205 g/mol. The zero-order valence-electron chi connectivity index (χ0n) is 8.60. The molecule has 0 saturated carbocycles. The Hall–Kier alpha value is -1.26. The predicted molar refractivity (Wildman–Crippen MR) is 52.2 cm³/mol. The maximum atomic E-state index is 12.2. The van der Waals surface area contributed by atoms with Gasteiger partial charge < -0.3 is 5.73 Å². The standard InChI is InChI=1S/C10H13F3N2/c1-6(2)3-7-5-15-9(4-8(7)14)10(11,12)13/h4-6H,3H2,1-2H3,(H2,14,15). The van der Waals surface area contributed by atoms with E-state index in [4.69, 9.17) is 5.73 Å². The largest absolute Gasteiger partial charge is 0.433 e. The van der Waals surface area contributed by atoms with Gasteiger partial charge in [0.25, 0.3) is 0 Å². The molecule has 0 atom stereocenters. The molecule has 15 heavy (non-hydrogen) atoms. The van der Waals surface area contributed by atoms with Crippen LogP contribution < -0.4 is 5.73 Å². The van der Waals surface area contributed by atoms with Crippen molar-refractivity contribution >= 4 is 5.69 Å². The number of hydrogen-bond acceptors (Lipinski definition) is 2. The van der Waals surface area contributed by atoms with E-state index in [1.54, 1.807) is 0 Å². The molecule has 0 aliphatic rings. The highest BCUT2D eigenvalue weighted by Gasteiger charge is 2.32. The smallest absolute Gasteiger partial charge is 0.398 e. The van der Waals surface area contributed by atoms with Crippen LogP contribution in [0.3, 0.4) is 0 Å². The summed E-state index contributed by atoms with van der Waals surface area (Å²) in [5.41, 5.74) is 5.41. The fourth-order valence-corrected chi connectivity index (χ4v) is 1.26. The summed E-state index contributed by atoms with van der Waals surface area (Å²) in [7, 11) is 0. The van der Waals surface area contributed by atoms with Gasteiger partial charge in [-0.3, -0.25) is 4.98 Å². The Kier molecular flexibility index (Phi) is 3.21. The van der Waals surface area contributed by atoms with Crippen molar-refractivity contribution in [2.45, 2.75) is 26.4 Å². The topological polar surface area (TPSA) is 38.9 Å². The number of anilines is 1. The lowest BCUT2D eigenvalue weighted by Crippen LogP contribution is -2.10. The third-order valence-corrected chi connectivity index (χ3v) is 1.94. The summed E-state index contributed by atoms with van der Waals surface area (Å²) in [5.74, 6) is 0.339. The van der Waals surface area contributed by atoms with Crippen LogP contribution in [0.15, 0.2) is 12.3 Å². The molecule has 0 unspecified atom stereocenters. The highest BCUT2D eigenvalue weighted by Crippen LogP contribution is 2.29. The van der Waals surface area contributed by atoms with Gasteiger partial charge >= 0.3 is 6.18 Å². The lowest BCUT2D eigenvalue weighted by molar-refractivity contribution is -0.141. The van der Waals surface area contributed by atoms with Crippen LogP contribution in [0.1, 0.15) is 25.1 Å². The number of hydrogen-bond donors (Lipinski definition) is 1. The van der Waals surface area contributed by atoms with E-state index in [0.717, 1.165) is 6.07 Å². The van der Waals surface area contributed by atoms with Crippen LogP contribution in [0, 0.1) is 5.92 Å². The SMILES string of the molecule is CC(C)Cc1cnc(C(F)(F)F)cc1N. The fraction of sp³-hybridized carbons (Fsp3) is 0.500. The second kappa shape index (κ2) is 4.08. The van der Waals surface area contributed by atoms with E-state index in [1.165, 1.54) is 6.20 Å². The minimum atomic E-state index is -4.43. The second-order valence-corrected chi connectivity index (χ2v) is 3.86. The van der Waals surface area contributed by atoms with Gasteiger partial charge in [-0.05, 0) is 24.0 Å². The molecule has 0 spiro atoms. The molecule has 0 amide bonds. The van der Waals surface area contributed by atoms with E-state index in [2.05, 4.69) is 4.98 Å². The van der Waals surface area contributed by atoms with Crippen molar-refractivity contribution in [2.75, 3.05) is 5.73 Å². The van der Waals surface area contributed by atoms with E-state index >= 15 is 0 Å². The summed E-state index contributed by atoms with van der Waals surface area (Å²) in [5, 5.41) is 0. The third kappa shape index (κ3) is 3.11. The monoisotopic (exact) mass is 218 g/mol. The lowest BCUT2D eigenvalue weighted by Gasteiger charge is -2.11. The lowest BCUT2D eigenvalue weighted by atomic mass is 10.0. The van der Waals surface area contributed by atoms with Crippen molar-refractivity contribution in [3.05, 3.63) is 23.5 Å². The van der Waals surface area contributed by atoms with Gasteiger partial charge in [0.2, 0.25) is 0 Å². The molecule has 84 valence electrons. The summed E-state index contributed by atoms with van der Waals surface area (Å²) < 4.78 is 36.7. The van der Waals surface area contributed by atoms with Gasteiger partial charge in [-0.15, -0.1) is 0 Å². The van der Waals surface area contributed by atoms with Crippen LogP contribution in [-0.4, -0.2) is 4.98 Å². The Balaban J connectivity index is 2.98. The van der Waals surface area contributed by atoms with Crippen LogP contribution >= 0.6 is 0 Å². The third-order valence-electron chi connectivity index (χ3n) is 1.94. The fourth-order valence-electron chi connectivity index (χ4n) is 1.26. The zero-order chi connectivity index (χ0) is 11.6. The normalized spacial score (nSPS) is 12.1. The highest BCUT2D eigenvalue weighted by atomic mass is 19.4. The van der Waals surface area contributed by atoms with Crippen LogP contribution in [0.25, 0.3) is 0 Å². The van der Waals surface area contributed by atoms with Crippen LogP contribution in [-0.2, 0) is 12.6 Å². The predicted octanol–water partition coefficient (Wildman–Crippen LogP) is 2.88. The first kappa shape index (κ1) is 11.8. The number of pyridine rings is 1. The average molecular weight is 218 g/mol. The van der Waals surface area contributed by atoms with Crippen molar-refractivity contribution in [3.8, 4) is 0 Å². The van der Waals surface area contributed by atoms with Crippen molar-refractivity contribution in [3.63, 3.8) is 0 Å². The molecule has 0 saturated heterocycles. The first-order valence-electron chi connectivity index (χ1n) is 4.62. The molecule has 0 aliphatic carbocycles. The molecule has 0 aliphatic heterocycles. The molecule has 0 fully saturated rings. The van der Waals surface area contributed by atoms with Crippen molar-refractivity contribution in [2.24, 2.45) is 5.92 Å². The molecule has 1 aromatic rings. The van der Waals surface area contributed by atoms with Crippen molar-refractivity contribution in [1.29, 1.82) is 0 Å². The van der Waals surface area contributed by atoms with Gasteiger partial charge in [-0.1, -0.05) is 13.8 Å². The summed E-state index contributed by atoms with van der Waals surface area (Å²) in [6, 6.07) is 0.887. The summed E-state index contributed by atoms with van der Waals surface area (Å²) >= 11 is 0. The molecule has 2 N–H and O–H groups in total. The molecule has 1 heterocycles. The first-order chi connectivity index (χ1) is 6.80. The Labute approximate surface area is 86.3 Å². The Bertz CT molecular complexity index is 345. The Morgan fingerprint density at radius 2 is 2.00 bits per heavy atom. The molecule has 1 rings (SSSR count). The summed E-state index contributed by atoms with van der Waals surface area (Å²) in [6.07, 6.45) is -2.58. The van der Waals surface area contributed by atoms with Gasteiger partial charge in [0, 0.05) is 11.9 Å². The maximum Gasteiger partial charge on any atom is 0.433 e.